The van der Waals surface area contributed by atoms with Gasteiger partial charge in [-0.15, -0.1) is 12.4 Å². The molecule has 2 rings (SSSR count). The Balaban J connectivity index is 0.00000128. The highest BCUT2D eigenvalue weighted by Crippen LogP contribution is 2.13. The second-order valence-corrected chi connectivity index (χ2v) is 4.73. The molecule has 0 amide bonds. The number of aliphatic hydroxyl groups is 1. The highest BCUT2D eigenvalue weighted by Gasteiger charge is 2.24. The van der Waals surface area contributed by atoms with Crippen LogP contribution in [0.5, 0.6) is 0 Å². The predicted molar refractivity (Wildman–Crippen MR) is 66.0 cm³/mol. The lowest BCUT2D eigenvalue weighted by molar-refractivity contribution is 0.0538. The maximum Gasteiger partial charge on any atom is 0.0716 e. The van der Waals surface area contributed by atoms with Crippen molar-refractivity contribution in [1.29, 1.82) is 0 Å². The van der Waals surface area contributed by atoms with Gasteiger partial charge in [0.1, 0.15) is 0 Å². The van der Waals surface area contributed by atoms with E-state index in [0.29, 0.717) is 11.8 Å². The largest absolute Gasteiger partial charge is 0.391 e. The molecule has 0 spiro atoms. The normalized spacial score (nSPS) is 34.7. The molecule has 4 nitrogen and oxygen atoms in total. The first-order valence-electron chi connectivity index (χ1n) is 6.03. The zero-order valence-electron chi connectivity index (χ0n) is 9.65. The Kier molecular flexibility index (Phi) is 6.61. The molecule has 3 unspecified atom stereocenters. The smallest absolute Gasteiger partial charge is 0.0716 e. The third-order valence-corrected chi connectivity index (χ3v) is 3.40. The molecule has 2 heterocycles. The minimum atomic E-state index is -0.167. The Labute approximate surface area is 104 Å². The van der Waals surface area contributed by atoms with E-state index >= 15 is 0 Å². The lowest BCUT2D eigenvalue weighted by Gasteiger charge is -2.23. The van der Waals surface area contributed by atoms with Crippen LogP contribution in [0.3, 0.4) is 0 Å². The van der Waals surface area contributed by atoms with Crippen LogP contribution in [0, 0.1) is 11.8 Å². The van der Waals surface area contributed by atoms with Crippen LogP contribution < -0.4 is 10.6 Å². The summed E-state index contributed by atoms with van der Waals surface area (Å²) in [4.78, 5) is 0. The van der Waals surface area contributed by atoms with E-state index in [0.717, 1.165) is 39.4 Å². The standard InChI is InChI=1S/C11H22N2O2.ClH/c14-11-7-13-6-10(11)5-12-4-9-2-1-3-15-8-9;/h9-14H,1-8H2;1H. The van der Waals surface area contributed by atoms with Gasteiger partial charge in [0.2, 0.25) is 0 Å². The van der Waals surface area contributed by atoms with Gasteiger partial charge >= 0.3 is 0 Å². The van der Waals surface area contributed by atoms with Gasteiger partial charge in [-0.1, -0.05) is 0 Å². The van der Waals surface area contributed by atoms with E-state index in [2.05, 4.69) is 10.6 Å². The molecule has 2 aliphatic heterocycles. The SMILES string of the molecule is Cl.OC1CNCC1CNCC1CCCOC1. The highest BCUT2D eigenvalue weighted by molar-refractivity contribution is 5.85. The topological polar surface area (TPSA) is 53.5 Å². The van der Waals surface area contributed by atoms with Gasteiger partial charge in [-0.2, -0.15) is 0 Å². The van der Waals surface area contributed by atoms with Crippen LogP contribution in [0.25, 0.3) is 0 Å². The zero-order valence-corrected chi connectivity index (χ0v) is 10.5. The number of hydrogen-bond donors (Lipinski definition) is 3. The van der Waals surface area contributed by atoms with Gasteiger partial charge in [-0.3, -0.25) is 0 Å². The Morgan fingerprint density at radius 2 is 2.19 bits per heavy atom. The van der Waals surface area contributed by atoms with Gasteiger partial charge in [0, 0.05) is 38.7 Å². The number of aliphatic hydroxyl groups excluding tert-OH is 1. The maximum absolute atomic E-state index is 9.60. The number of β-amino-alcohol motifs (C(OH)–C–C–N with tert-alkyl or cyclic N) is 1. The lowest BCUT2D eigenvalue weighted by Crippen LogP contribution is -2.35. The molecule has 96 valence electrons. The average Bonchev–Trinajstić information content (AvgIpc) is 2.66. The van der Waals surface area contributed by atoms with Gasteiger partial charge in [0.25, 0.3) is 0 Å². The molecule has 2 aliphatic rings. The first kappa shape index (κ1) is 14.2. The van der Waals surface area contributed by atoms with Crippen LogP contribution in [0.15, 0.2) is 0 Å². The van der Waals surface area contributed by atoms with Crippen molar-refractivity contribution in [2.24, 2.45) is 11.8 Å². The summed E-state index contributed by atoms with van der Waals surface area (Å²) >= 11 is 0. The van der Waals surface area contributed by atoms with Crippen molar-refractivity contribution in [2.45, 2.75) is 18.9 Å². The molecular formula is C11H23ClN2O2. The molecular weight excluding hydrogens is 228 g/mol. The molecule has 5 heteroatoms. The maximum atomic E-state index is 9.60. The molecule has 2 saturated heterocycles. The fourth-order valence-corrected chi connectivity index (χ4v) is 2.37. The van der Waals surface area contributed by atoms with E-state index in [9.17, 15) is 5.11 Å². The van der Waals surface area contributed by atoms with Crippen molar-refractivity contribution in [3.63, 3.8) is 0 Å². The van der Waals surface area contributed by atoms with Crippen LogP contribution in [-0.2, 0) is 4.74 Å². The second-order valence-electron chi connectivity index (χ2n) is 4.73. The average molecular weight is 251 g/mol. The van der Waals surface area contributed by atoms with Crippen molar-refractivity contribution in [3.8, 4) is 0 Å². The van der Waals surface area contributed by atoms with E-state index in [4.69, 9.17) is 4.74 Å². The Morgan fingerprint density at radius 3 is 2.81 bits per heavy atom. The minimum absolute atomic E-state index is 0. The molecule has 3 N–H and O–H groups in total. The fraction of sp³-hybridized carbons (Fsp3) is 1.00. The molecule has 0 aromatic heterocycles. The van der Waals surface area contributed by atoms with E-state index in [1.54, 1.807) is 0 Å². The zero-order chi connectivity index (χ0) is 10.5. The van der Waals surface area contributed by atoms with Crippen LogP contribution in [0.4, 0.5) is 0 Å². The van der Waals surface area contributed by atoms with E-state index in [-0.39, 0.29) is 18.5 Å². The van der Waals surface area contributed by atoms with Crippen molar-refractivity contribution < 1.29 is 9.84 Å². The van der Waals surface area contributed by atoms with Crippen LogP contribution in [0.1, 0.15) is 12.8 Å². The lowest BCUT2D eigenvalue weighted by atomic mass is 10.0. The second kappa shape index (κ2) is 7.45. The van der Waals surface area contributed by atoms with Crippen molar-refractivity contribution in [1.82, 2.24) is 10.6 Å². The number of nitrogens with one attached hydrogen (secondary N) is 2. The highest BCUT2D eigenvalue weighted by atomic mass is 35.5. The molecule has 0 aromatic carbocycles. The van der Waals surface area contributed by atoms with Crippen LogP contribution in [0.2, 0.25) is 0 Å². The van der Waals surface area contributed by atoms with Gasteiger partial charge in [0.05, 0.1) is 12.7 Å². The van der Waals surface area contributed by atoms with E-state index in [1.807, 2.05) is 0 Å². The quantitative estimate of drug-likeness (QED) is 0.658. The molecule has 0 saturated carbocycles. The molecule has 0 radical (unpaired) electrons. The summed E-state index contributed by atoms with van der Waals surface area (Å²) in [6, 6.07) is 0. The first-order valence-corrected chi connectivity index (χ1v) is 6.03. The summed E-state index contributed by atoms with van der Waals surface area (Å²) in [7, 11) is 0. The van der Waals surface area contributed by atoms with Gasteiger partial charge in [-0.05, 0) is 18.8 Å². The molecule has 0 aromatic rings. The minimum Gasteiger partial charge on any atom is -0.391 e. The Morgan fingerprint density at radius 1 is 1.31 bits per heavy atom. The van der Waals surface area contributed by atoms with Gasteiger partial charge in [-0.25, -0.2) is 0 Å². The summed E-state index contributed by atoms with van der Waals surface area (Å²) in [5, 5.41) is 16.2. The van der Waals surface area contributed by atoms with Crippen LogP contribution in [-0.4, -0.2) is 50.6 Å². The van der Waals surface area contributed by atoms with Gasteiger partial charge in [0.15, 0.2) is 0 Å². The molecule has 0 aliphatic carbocycles. The first-order chi connectivity index (χ1) is 7.36. The van der Waals surface area contributed by atoms with Crippen molar-refractivity contribution in [3.05, 3.63) is 0 Å². The summed E-state index contributed by atoms with van der Waals surface area (Å²) in [5.41, 5.74) is 0. The summed E-state index contributed by atoms with van der Waals surface area (Å²) in [5.74, 6) is 1.06. The summed E-state index contributed by atoms with van der Waals surface area (Å²) in [6.45, 7) is 5.47. The van der Waals surface area contributed by atoms with Crippen molar-refractivity contribution >= 4 is 12.4 Å². The molecule has 16 heavy (non-hydrogen) atoms. The number of halogens is 1. The van der Waals surface area contributed by atoms with E-state index < -0.39 is 0 Å². The fourth-order valence-electron chi connectivity index (χ4n) is 2.37. The monoisotopic (exact) mass is 250 g/mol. The van der Waals surface area contributed by atoms with Crippen molar-refractivity contribution in [2.75, 3.05) is 39.4 Å². The van der Waals surface area contributed by atoms with Gasteiger partial charge < -0.3 is 20.5 Å². The third-order valence-electron chi connectivity index (χ3n) is 3.40. The Hall–Kier alpha value is 0.130. The summed E-state index contributed by atoms with van der Waals surface area (Å²) < 4.78 is 5.42. The van der Waals surface area contributed by atoms with Crippen LogP contribution >= 0.6 is 12.4 Å². The summed E-state index contributed by atoms with van der Waals surface area (Å²) in [6.07, 6.45) is 2.30. The number of hydrogen-bond acceptors (Lipinski definition) is 4. The Bertz CT molecular complexity index is 189. The number of rotatable bonds is 4. The molecule has 2 fully saturated rings. The molecule has 0 bridgehead atoms. The molecule has 3 atom stereocenters. The predicted octanol–water partition coefficient (Wildman–Crippen LogP) is 0.00470. The third kappa shape index (κ3) is 4.18. The number of ether oxygens (including phenoxy) is 1. The van der Waals surface area contributed by atoms with E-state index in [1.165, 1.54) is 12.8 Å².